The standard InChI is InChI=1S/C11H16N2O2S2/c1-15-11(14)10-8(12)7-9(17-10)13-3-2-5-16-6-4-13/h7H,2-6,12H2,1H3. The zero-order valence-corrected chi connectivity index (χ0v) is 11.4. The summed E-state index contributed by atoms with van der Waals surface area (Å²) in [6.07, 6.45) is 1.18. The lowest BCUT2D eigenvalue weighted by molar-refractivity contribution is 0.0607. The van der Waals surface area contributed by atoms with E-state index in [1.807, 2.05) is 17.8 Å². The van der Waals surface area contributed by atoms with Crippen LogP contribution in [0.2, 0.25) is 0 Å². The highest BCUT2D eigenvalue weighted by molar-refractivity contribution is 7.99. The van der Waals surface area contributed by atoms with Gasteiger partial charge in [-0.25, -0.2) is 4.79 Å². The topological polar surface area (TPSA) is 55.6 Å². The van der Waals surface area contributed by atoms with Gasteiger partial charge in [-0.1, -0.05) is 0 Å². The van der Waals surface area contributed by atoms with Gasteiger partial charge in [-0.15, -0.1) is 11.3 Å². The zero-order chi connectivity index (χ0) is 12.3. The predicted molar refractivity (Wildman–Crippen MR) is 74.2 cm³/mol. The van der Waals surface area contributed by atoms with Crippen molar-refractivity contribution in [2.75, 3.05) is 42.3 Å². The number of nitrogens with two attached hydrogens (primary N) is 1. The van der Waals surface area contributed by atoms with Gasteiger partial charge in [-0.05, 0) is 18.2 Å². The molecule has 2 N–H and O–H groups in total. The zero-order valence-electron chi connectivity index (χ0n) is 9.77. The number of thiophene rings is 1. The molecule has 0 aromatic carbocycles. The second-order valence-corrected chi connectivity index (χ2v) is 6.07. The quantitative estimate of drug-likeness (QED) is 0.835. The van der Waals surface area contributed by atoms with Crippen molar-refractivity contribution < 1.29 is 9.53 Å². The first-order valence-electron chi connectivity index (χ1n) is 5.52. The number of ether oxygens (including phenoxy) is 1. The van der Waals surface area contributed by atoms with Crippen LogP contribution in [0.15, 0.2) is 6.07 Å². The summed E-state index contributed by atoms with van der Waals surface area (Å²) in [5, 5.41) is 1.07. The van der Waals surface area contributed by atoms with Gasteiger partial charge < -0.3 is 15.4 Å². The molecule has 1 aromatic heterocycles. The highest BCUT2D eigenvalue weighted by Crippen LogP contribution is 2.33. The lowest BCUT2D eigenvalue weighted by Gasteiger charge is -2.19. The number of carbonyl (C=O) groups excluding carboxylic acids is 1. The number of nitrogens with zero attached hydrogens (tertiary/aromatic N) is 1. The molecule has 0 atom stereocenters. The number of esters is 1. The van der Waals surface area contributed by atoms with Gasteiger partial charge >= 0.3 is 5.97 Å². The van der Waals surface area contributed by atoms with E-state index in [0.717, 1.165) is 23.8 Å². The van der Waals surface area contributed by atoms with E-state index in [1.165, 1.54) is 30.6 Å². The van der Waals surface area contributed by atoms with Crippen LogP contribution in [0.25, 0.3) is 0 Å². The number of hydrogen-bond donors (Lipinski definition) is 1. The molecule has 0 unspecified atom stereocenters. The molecule has 2 rings (SSSR count). The number of hydrogen-bond acceptors (Lipinski definition) is 6. The molecule has 0 amide bonds. The summed E-state index contributed by atoms with van der Waals surface area (Å²) in [5.41, 5.74) is 6.36. The lowest BCUT2D eigenvalue weighted by atomic mass is 10.3. The summed E-state index contributed by atoms with van der Waals surface area (Å²) < 4.78 is 4.71. The maximum atomic E-state index is 11.5. The Labute approximate surface area is 109 Å². The van der Waals surface area contributed by atoms with Crippen LogP contribution in [0, 0.1) is 0 Å². The Kier molecular flexibility index (Phi) is 4.17. The van der Waals surface area contributed by atoms with E-state index >= 15 is 0 Å². The van der Waals surface area contributed by atoms with Crippen molar-refractivity contribution in [3.05, 3.63) is 10.9 Å². The molecular formula is C11H16N2O2S2. The van der Waals surface area contributed by atoms with E-state index < -0.39 is 0 Å². The summed E-state index contributed by atoms with van der Waals surface area (Å²) in [7, 11) is 1.38. The Morgan fingerprint density at radius 2 is 2.29 bits per heavy atom. The summed E-state index contributed by atoms with van der Waals surface area (Å²) in [6.45, 7) is 2.05. The first kappa shape index (κ1) is 12.6. The third-order valence-electron chi connectivity index (χ3n) is 2.65. The second kappa shape index (κ2) is 5.64. The van der Waals surface area contributed by atoms with Crippen LogP contribution >= 0.6 is 23.1 Å². The Hall–Kier alpha value is -0.880. The maximum absolute atomic E-state index is 11.5. The molecule has 6 heteroatoms. The summed E-state index contributed by atoms with van der Waals surface area (Å²) >= 11 is 3.40. The highest BCUT2D eigenvalue weighted by Gasteiger charge is 2.18. The van der Waals surface area contributed by atoms with Gasteiger partial charge in [0, 0.05) is 18.8 Å². The molecule has 1 aliphatic heterocycles. The number of carbonyl (C=O) groups is 1. The highest BCUT2D eigenvalue weighted by atomic mass is 32.2. The summed E-state index contributed by atoms with van der Waals surface area (Å²) in [4.78, 5) is 14.3. The van der Waals surface area contributed by atoms with Crippen LogP contribution in [0.3, 0.4) is 0 Å². The first-order valence-corrected chi connectivity index (χ1v) is 7.50. The van der Waals surface area contributed by atoms with Crippen molar-refractivity contribution in [3.8, 4) is 0 Å². The van der Waals surface area contributed by atoms with Crippen LogP contribution < -0.4 is 10.6 Å². The molecule has 2 heterocycles. The molecule has 0 spiro atoms. The Balaban J connectivity index is 2.18. The molecule has 17 heavy (non-hydrogen) atoms. The van der Waals surface area contributed by atoms with Gasteiger partial charge in [0.2, 0.25) is 0 Å². The lowest BCUT2D eigenvalue weighted by Crippen LogP contribution is -2.24. The Morgan fingerprint density at radius 1 is 1.47 bits per heavy atom. The van der Waals surface area contributed by atoms with Crippen molar-refractivity contribution in [3.63, 3.8) is 0 Å². The van der Waals surface area contributed by atoms with E-state index in [9.17, 15) is 4.79 Å². The molecule has 1 fully saturated rings. The maximum Gasteiger partial charge on any atom is 0.350 e. The molecule has 1 aromatic rings. The van der Waals surface area contributed by atoms with Crippen LogP contribution in [0.4, 0.5) is 10.7 Å². The van der Waals surface area contributed by atoms with Gasteiger partial charge in [0.25, 0.3) is 0 Å². The summed E-state index contributed by atoms with van der Waals surface area (Å²) in [5.74, 6) is 2.00. The van der Waals surface area contributed by atoms with Crippen LogP contribution in [-0.2, 0) is 4.74 Å². The first-order chi connectivity index (χ1) is 8.22. The van der Waals surface area contributed by atoms with E-state index in [-0.39, 0.29) is 5.97 Å². The number of rotatable bonds is 2. The van der Waals surface area contributed by atoms with Crippen LogP contribution in [0.1, 0.15) is 16.1 Å². The van der Waals surface area contributed by atoms with E-state index in [0.29, 0.717) is 10.6 Å². The van der Waals surface area contributed by atoms with Gasteiger partial charge in [0.05, 0.1) is 17.8 Å². The average Bonchev–Trinajstić information content (AvgIpc) is 2.57. The van der Waals surface area contributed by atoms with Gasteiger partial charge in [-0.3, -0.25) is 0 Å². The SMILES string of the molecule is COC(=O)c1sc(N2CCCSCC2)cc1N. The molecule has 4 nitrogen and oxygen atoms in total. The van der Waals surface area contributed by atoms with Gasteiger partial charge in [-0.2, -0.15) is 11.8 Å². The van der Waals surface area contributed by atoms with E-state index in [4.69, 9.17) is 10.5 Å². The minimum Gasteiger partial charge on any atom is -0.465 e. The molecule has 0 bridgehead atoms. The average molecular weight is 272 g/mol. The van der Waals surface area contributed by atoms with Crippen molar-refractivity contribution in [2.45, 2.75) is 6.42 Å². The Morgan fingerprint density at radius 3 is 3.06 bits per heavy atom. The fourth-order valence-corrected chi connectivity index (χ4v) is 3.70. The monoisotopic (exact) mass is 272 g/mol. The van der Waals surface area contributed by atoms with Crippen molar-refractivity contribution >= 4 is 39.8 Å². The number of methoxy groups -OCH3 is 1. The number of anilines is 2. The largest absolute Gasteiger partial charge is 0.465 e. The molecule has 94 valence electrons. The predicted octanol–water partition coefficient (Wildman–Crippen LogP) is 2.06. The fourth-order valence-electron chi connectivity index (χ4n) is 1.77. The van der Waals surface area contributed by atoms with Crippen LogP contribution in [-0.4, -0.2) is 37.7 Å². The molecule has 1 aliphatic rings. The minimum atomic E-state index is -0.344. The van der Waals surface area contributed by atoms with Crippen LogP contribution in [0.5, 0.6) is 0 Å². The Bertz CT molecular complexity index is 398. The van der Waals surface area contributed by atoms with Crippen molar-refractivity contribution in [1.82, 2.24) is 0 Å². The molecule has 0 saturated carbocycles. The molecule has 0 aliphatic carbocycles. The van der Waals surface area contributed by atoms with E-state index in [1.54, 1.807) is 0 Å². The minimum absolute atomic E-state index is 0.344. The van der Waals surface area contributed by atoms with Crippen molar-refractivity contribution in [1.29, 1.82) is 0 Å². The molecular weight excluding hydrogens is 256 g/mol. The van der Waals surface area contributed by atoms with Gasteiger partial charge in [0.1, 0.15) is 4.88 Å². The second-order valence-electron chi connectivity index (χ2n) is 3.81. The summed E-state index contributed by atoms with van der Waals surface area (Å²) in [6, 6.07) is 1.88. The fraction of sp³-hybridized carbons (Fsp3) is 0.545. The van der Waals surface area contributed by atoms with E-state index in [2.05, 4.69) is 4.90 Å². The smallest absolute Gasteiger partial charge is 0.350 e. The van der Waals surface area contributed by atoms with Gasteiger partial charge in [0.15, 0.2) is 0 Å². The van der Waals surface area contributed by atoms with Crippen molar-refractivity contribution in [2.24, 2.45) is 0 Å². The number of thioether (sulfide) groups is 1. The third kappa shape index (κ3) is 2.87. The molecule has 1 saturated heterocycles. The molecule has 0 radical (unpaired) electrons. The third-order valence-corrected chi connectivity index (χ3v) is 4.89. The normalized spacial score (nSPS) is 16.6. The number of nitrogen functional groups attached to an aromatic ring is 1.